The molecule has 0 spiro atoms. The van der Waals surface area contributed by atoms with Crippen LogP contribution in [0.2, 0.25) is 0 Å². The molecule has 0 aromatic carbocycles. The molecule has 0 saturated heterocycles. The number of hydrogen-bond donors (Lipinski definition) is 1. The number of carbonyl (C=O) groups is 1. The number of hydrogen-bond acceptors (Lipinski definition) is 1. The summed E-state index contributed by atoms with van der Waals surface area (Å²) in [5.74, 6) is -0.611. The molecule has 0 atom stereocenters. The maximum absolute atomic E-state index is 9.76. The second-order valence-electron chi connectivity index (χ2n) is 1.61. The third-order valence-corrected chi connectivity index (χ3v) is 0.927. The van der Waals surface area contributed by atoms with E-state index in [1.165, 1.54) is 0 Å². The minimum atomic E-state index is -0.630. The molecule has 9 heavy (non-hydrogen) atoms. The molecule has 0 radical (unpaired) electrons. The Bertz CT molecular complexity index is 81.9. The molecule has 0 amide bonds. The molecule has 1 aliphatic rings. The molecule has 5 heteroatoms. The normalized spacial score (nSPS) is 13.8. The van der Waals surface area contributed by atoms with Crippen molar-refractivity contribution >= 4 is 94.6 Å². The van der Waals surface area contributed by atoms with E-state index in [2.05, 4.69) is 0 Å². The van der Waals surface area contributed by atoms with E-state index in [4.69, 9.17) is 5.11 Å². The van der Waals surface area contributed by atoms with Crippen LogP contribution in [-0.2, 0) is 4.79 Å². The van der Waals surface area contributed by atoms with Gasteiger partial charge in [0.15, 0.2) is 0 Å². The molecule has 0 heterocycles. The van der Waals surface area contributed by atoms with Crippen molar-refractivity contribution in [1.82, 2.24) is 0 Å². The summed E-state index contributed by atoms with van der Waals surface area (Å²) in [4.78, 5) is 9.76. The van der Waals surface area contributed by atoms with E-state index in [-0.39, 0.29) is 94.6 Å². The predicted octanol–water partition coefficient (Wildman–Crippen LogP) is -1.46. The Morgan fingerprint density at radius 1 is 1.22 bits per heavy atom. The molecule has 1 N–H and O–H groups in total. The Morgan fingerprint density at radius 2 is 1.56 bits per heavy atom. The van der Waals surface area contributed by atoms with E-state index in [9.17, 15) is 4.79 Å². The van der Waals surface area contributed by atoms with Crippen LogP contribution in [0.1, 0.15) is 12.8 Å². The summed E-state index contributed by atoms with van der Waals surface area (Å²) >= 11 is 0. The zero-order chi connectivity index (χ0) is 4.57. The molecule has 0 unspecified atom stereocenters. The second-order valence-corrected chi connectivity index (χ2v) is 1.61. The van der Waals surface area contributed by atoms with Crippen LogP contribution in [-0.4, -0.2) is 99.7 Å². The van der Waals surface area contributed by atoms with Crippen molar-refractivity contribution in [1.29, 1.82) is 0 Å². The first kappa shape index (κ1) is 17.5. The average Bonchev–Trinajstić information content (AvgIpc) is 2.06. The van der Waals surface area contributed by atoms with Crippen molar-refractivity contribution in [3.8, 4) is 0 Å². The first-order chi connectivity index (χ1) is 2.80. The van der Waals surface area contributed by atoms with Gasteiger partial charge in [-0.3, -0.25) is 4.79 Å². The van der Waals surface area contributed by atoms with E-state index in [1.807, 2.05) is 0 Å². The number of carboxylic acid groups (broad SMARTS) is 1. The molecule has 0 aliphatic heterocycles. The summed E-state index contributed by atoms with van der Waals surface area (Å²) in [5.41, 5.74) is 0. The summed E-state index contributed by atoms with van der Waals surface area (Å²) in [7, 11) is 0. The zero-order valence-electron chi connectivity index (χ0n) is 3.35. The first-order valence-electron chi connectivity index (χ1n) is 2.03. The second kappa shape index (κ2) is 8.57. The number of rotatable bonds is 1. The van der Waals surface area contributed by atoms with Crippen LogP contribution in [0.15, 0.2) is 0 Å². The van der Waals surface area contributed by atoms with Crippen LogP contribution in [0, 0.1) is 5.92 Å². The Kier molecular flexibility index (Phi) is 16.7. The van der Waals surface area contributed by atoms with Gasteiger partial charge < -0.3 is 5.11 Å². The molecule has 1 rings (SSSR count). The fraction of sp³-hybridized carbons (Fsp3) is 0.750. The van der Waals surface area contributed by atoms with Crippen molar-refractivity contribution in [3.05, 3.63) is 0 Å². The Morgan fingerprint density at radius 3 is 1.56 bits per heavy atom. The van der Waals surface area contributed by atoms with Crippen molar-refractivity contribution in [2.75, 3.05) is 0 Å². The summed E-state index contributed by atoms with van der Waals surface area (Å²) in [6, 6.07) is 0. The first-order valence-corrected chi connectivity index (χ1v) is 2.03. The van der Waals surface area contributed by atoms with Crippen molar-refractivity contribution in [2.24, 2.45) is 5.92 Å². The molecular formula is C4H9Na3O2. The zero-order valence-corrected chi connectivity index (χ0v) is 3.35. The van der Waals surface area contributed by atoms with Gasteiger partial charge in [0.2, 0.25) is 0 Å². The van der Waals surface area contributed by atoms with E-state index < -0.39 is 5.97 Å². The minimum absolute atomic E-state index is 0. The van der Waals surface area contributed by atoms with Gasteiger partial charge in [-0.15, -0.1) is 0 Å². The molecule has 1 fully saturated rings. The third-order valence-electron chi connectivity index (χ3n) is 0.927. The van der Waals surface area contributed by atoms with Crippen LogP contribution < -0.4 is 0 Å². The molecule has 2 nitrogen and oxygen atoms in total. The quantitative estimate of drug-likeness (QED) is 0.473. The monoisotopic (exact) mass is 158 g/mol. The van der Waals surface area contributed by atoms with Crippen LogP contribution in [0.25, 0.3) is 0 Å². The van der Waals surface area contributed by atoms with Gasteiger partial charge in [0.1, 0.15) is 0 Å². The van der Waals surface area contributed by atoms with Crippen molar-refractivity contribution < 1.29 is 9.90 Å². The molecule has 1 aliphatic carbocycles. The van der Waals surface area contributed by atoms with Crippen LogP contribution in [0.4, 0.5) is 0 Å². The predicted molar refractivity (Wildman–Crippen MR) is 41.8 cm³/mol. The standard InChI is InChI=1S/C4H6O2.3Na.3H/c5-4(6)3-1-2-3;;;;;;/h3H,1-2H2,(H,5,6);;;;;;. The molecule has 0 bridgehead atoms. The Hall–Kier alpha value is 2.47. The number of aliphatic carboxylic acids is 1. The van der Waals surface area contributed by atoms with Gasteiger partial charge in [0, 0.05) is 0 Å². The van der Waals surface area contributed by atoms with Crippen LogP contribution >= 0.6 is 0 Å². The van der Waals surface area contributed by atoms with Gasteiger partial charge in [0.05, 0.1) is 5.92 Å². The number of carboxylic acids is 1. The SMILES string of the molecule is O=C(O)C1CC1.[NaH].[NaH].[NaH]. The van der Waals surface area contributed by atoms with Gasteiger partial charge >= 0.3 is 94.6 Å². The topological polar surface area (TPSA) is 37.3 Å². The fourth-order valence-corrected chi connectivity index (χ4v) is 0.330. The summed E-state index contributed by atoms with van der Waals surface area (Å²) in [6.45, 7) is 0. The Balaban J connectivity index is -0.000000120. The molecule has 0 aromatic heterocycles. The average molecular weight is 158 g/mol. The van der Waals surface area contributed by atoms with E-state index in [0.717, 1.165) is 12.8 Å². The van der Waals surface area contributed by atoms with Crippen molar-refractivity contribution in [2.45, 2.75) is 12.8 Å². The van der Waals surface area contributed by atoms with Gasteiger partial charge in [0.25, 0.3) is 0 Å². The van der Waals surface area contributed by atoms with Gasteiger partial charge in [-0.25, -0.2) is 0 Å². The van der Waals surface area contributed by atoms with Crippen LogP contribution in [0.3, 0.4) is 0 Å². The van der Waals surface area contributed by atoms with Gasteiger partial charge in [-0.05, 0) is 12.8 Å². The van der Waals surface area contributed by atoms with Gasteiger partial charge in [-0.2, -0.15) is 0 Å². The van der Waals surface area contributed by atoms with E-state index in [1.54, 1.807) is 0 Å². The van der Waals surface area contributed by atoms with Crippen molar-refractivity contribution in [3.63, 3.8) is 0 Å². The summed E-state index contributed by atoms with van der Waals surface area (Å²) in [5, 5.41) is 8.05. The molecule has 0 aromatic rings. The Labute approximate surface area is 121 Å². The van der Waals surface area contributed by atoms with Crippen LogP contribution in [0.5, 0.6) is 0 Å². The third kappa shape index (κ3) is 8.38. The van der Waals surface area contributed by atoms with Gasteiger partial charge in [-0.1, -0.05) is 0 Å². The molecule has 40 valence electrons. The fourth-order valence-electron chi connectivity index (χ4n) is 0.330. The summed E-state index contributed by atoms with van der Waals surface area (Å²) in [6.07, 6.45) is 1.80. The molecule has 1 saturated carbocycles. The summed E-state index contributed by atoms with van der Waals surface area (Å²) < 4.78 is 0. The van der Waals surface area contributed by atoms with E-state index in [0.29, 0.717) is 0 Å². The van der Waals surface area contributed by atoms with E-state index >= 15 is 0 Å². The molecular weight excluding hydrogens is 149 g/mol. The maximum atomic E-state index is 9.76.